The summed E-state index contributed by atoms with van der Waals surface area (Å²) in [7, 11) is 0. The lowest BCUT2D eigenvalue weighted by Crippen LogP contribution is -1.90. The molecule has 16 heavy (non-hydrogen) atoms. The average molecular weight is 229 g/mol. The molecule has 0 nitrogen and oxygen atoms in total. The van der Waals surface area contributed by atoms with E-state index < -0.39 is 0 Å². The van der Waals surface area contributed by atoms with Crippen LogP contribution < -0.4 is 0 Å². The summed E-state index contributed by atoms with van der Waals surface area (Å²) in [4.78, 5) is 0. The van der Waals surface area contributed by atoms with Gasteiger partial charge in [-0.25, -0.2) is 0 Å². The van der Waals surface area contributed by atoms with Crippen molar-refractivity contribution in [3.63, 3.8) is 0 Å². The van der Waals surface area contributed by atoms with Crippen LogP contribution in [-0.2, 0) is 6.42 Å². The molecule has 0 fully saturated rings. The van der Waals surface area contributed by atoms with Gasteiger partial charge in [0.2, 0.25) is 0 Å². The highest BCUT2D eigenvalue weighted by Gasteiger charge is 2.00. The van der Waals surface area contributed by atoms with Gasteiger partial charge in [0.05, 0.1) is 0 Å². The van der Waals surface area contributed by atoms with Gasteiger partial charge in [0.1, 0.15) is 0 Å². The Morgan fingerprint density at radius 2 is 1.69 bits per heavy atom. The van der Waals surface area contributed by atoms with E-state index in [0.29, 0.717) is 0 Å². The van der Waals surface area contributed by atoms with Gasteiger partial charge >= 0.3 is 0 Å². The first-order valence-electron chi connectivity index (χ1n) is 5.24. The SMILES string of the molecule is C=Cc1ccccc1Cc1ccc(Cl)cc1. The predicted molar refractivity (Wildman–Crippen MR) is 70.8 cm³/mol. The second-order valence-corrected chi connectivity index (χ2v) is 4.14. The zero-order valence-electron chi connectivity index (χ0n) is 8.99. The maximum atomic E-state index is 5.86. The zero-order chi connectivity index (χ0) is 11.4. The van der Waals surface area contributed by atoms with Crippen molar-refractivity contribution in [2.45, 2.75) is 6.42 Å². The van der Waals surface area contributed by atoms with E-state index in [4.69, 9.17) is 11.6 Å². The van der Waals surface area contributed by atoms with E-state index >= 15 is 0 Å². The molecular formula is C15H13Cl. The van der Waals surface area contributed by atoms with Crippen LogP contribution in [-0.4, -0.2) is 0 Å². The fourth-order valence-electron chi connectivity index (χ4n) is 1.72. The molecule has 0 aliphatic rings. The van der Waals surface area contributed by atoms with Crippen LogP contribution in [0.5, 0.6) is 0 Å². The normalized spacial score (nSPS) is 10.1. The van der Waals surface area contributed by atoms with Gasteiger partial charge < -0.3 is 0 Å². The summed E-state index contributed by atoms with van der Waals surface area (Å²) >= 11 is 5.86. The van der Waals surface area contributed by atoms with E-state index in [9.17, 15) is 0 Å². The maximum absolute atomic E-state index is 5.86. The minimum atomic E-state index is 0.778. The lowest BCUT2D eigenvalue weighted by molar-refractivity contribution is 1.19. The Labute approximate surface area is 101 Å². The topological polar surface area (TPSA) is 0 Å². The number of rotatable bonds is 3. The van der Waals surface area contributed by atoms with Crippen LogP contribution in [0.4, 0.5) is 0 Å². The highest BCUT2D eigenvalue weighted by Crippen LogP contribution is 2.17. The monoisotopic (exact) mass is 228 g/mol. The van der Waals surface area contributed by atoms with Crippen LogP contribution in [0.2, 0.25) is 5.02 Å². The Balaban J connectivity index is 2.26. The molecule has 0 spiro atoms. The van der Waals surface area contributed by atoms with Crippen LogP contribution in [0, 0.1) is 0 Å². The molecule has 80 valence electrons. The van der Waals surface area contributed by atoms with Gasteiger partial charge in [0.25, 0.3) is 0 Å². The molecule has 1 heteroatoms. The molecular weight excluding hydrogens is 216 g/mol. The molecule has 0 aromatic heterocycles. The van der Waals surface area contributed by atoms with Crippen molar-refractivity contribution >= 4 is 17.7 Å². The minimum Gasteiger partial charge on any atom is -0.0985 e. The van der Waals surface area contributed by atoms with Crippen molar-refractivity contribution in [1.82, 2.24) is 0 Å². The van der Waals surface area contributed by atoms with E-state index in [1.807, 2.05) is 24.3 Å². The first kappa shape index (κ1) is 11.0. The Kier molecular flexibility index (Phi) is 3.43. The van der Waals surface area contributed by atoms with Crippen LogP contribution in [0.1, 0.15) is 16.7 Å². The highest BCUT2D eigenvalue weighted by atomic mass is 35.5. The lowest BCUT2D eigenvalue weighted by atomic mass is 10.00. The molecule has 0 atom stereocenters. The van der Waals surface area contributed by atoms with Crippen molar-refractivity contribution < 1.29 is 0 Å². The molecule has 0 N–H and O–H groups in total. The first-order valence-corrected chi connectivity index (χ1v) is 5.62. The predicted octanol–water partition coefficient (Wildman–Crippen LogP) is 4.57. The Bertz CT molecular complexity index is 483. The Hall–Kier alpha value is -1.53. The van der Waals surface area contributed by atoms with Crippen molar-refractivity contribution in [2.24, 2.45) is 0 Å². The van der Waals surface area contributed by atoms with Gasteiger partial charge in [-0.05, 0) is 35.2 Å². The highest BCUT2D eigenvalue weighted by molar-refractivity contribution is 6.30. The lowest BCUT2D eigenvalue weighted by Gasteiger charge is -2.06. The molecule has 2 aromatic carbocycles. The largest absolute Gasteiger partial charge is 0.0985 e. The van der Waals surface area contributed by atoms with Gasteiger partial charge in [-0.2, -0.15) is 0 Å². The van der Waals surface area contributed by atoms with Crippen LogP contribution in [0.25, 0.3) is 6.08 Å². The fourth-order valence-corrected chi connectivity index (χ4v) is 1.84. The molecule has 0 heterocycles. The number of benzene rings is 2. The molecule has 0 amide bonds. The molecule has 0 bridgehead atoms. The maximum Gasteiger partial charge on any atom is 0.0406 e. The number of hydrogen-bond acceptors (Lipinski definition) is 0. The summed E-state index contributed by atoms with van der Waals surface area (Å²) in [5.41, 5.74) is 3.75. The molecule has 2 rings (SSSR count). The summed E-state index contributed by atoms with van der Waals surface area (Å²) in [6.07, 6.45) is 2.81. The fraction of sp³-hybridized carbons (Fsp3) is 0.0667. The van der Waals surface area contributed by atoms with E-state index in [2.05, 4.69) is 36.9 Å². The zero-order valence-corrected chi connectivity index (χ0v) is 9.74. The van der Waals surface area contributed by atoms with Gasteiger partial charge in [-0.15, -0.1) is 0 Å². The minimum absolute atomic E-state index is 0.778. The molecule has 0 aliphatic heterocycles. The van der Waals surface area contributed by atoms with Crippen LogP contribution >= 0.6 is 11.6 Å². The Morgan fingerprint density at radius 3 is 2.38 bits per heavy atom. The average Bonchev–Trinajstić information content (AvgIpc) is 2.33. The van der Waals surface area contributed by atoms with Gasteiger partial charge in [0.15, 0.2) is 0 Å². The summed E-state index contributed by atoms with van der Waals surface area (Å²) in [5, 5.41) is 0.778. The van der Waals surface area contributed by atoms with E-state index in [1.165, 1.54) is 16.7 Å². The standard InChI is InChI=1S/C15H13Cl/c1-2-13-5-3-4-6-14(13)11-12-7-9-15(16)10-8-12/h2-10H,1,11H2. The summed E-state index contributed by atoms with van der Waals surface area (Å²) in [5.74, 6) is 0. The molecule has 0 saturated carbocycles. The second kappa shape index (κ2) is 5.00. The third-order valence-electron chi connectivity index (χ3n) is 2.58. The Morgan fingerprint density at radius 1 is 1.00 bits per heavy atom. The molecule has 0 saturated heterocycles. The van der Waals surface area contributed by atoms with Crippen molar-refractivity contribution in [3.05, 3.63) is 76.8 Å². The first-order chi connectivity index (χ1) is 7.79. The van der Waals surface area contributed by atoms with Crippen LogP contribution in [0.15, 0.2) is 55.1 Å². The van der Waals surface area contributed by atoms with Gasteiger partial charge in [-0.1, -0.05) is 60.7 Å². The van der Waals surface area contributed by atoms with Crippen molar-refractivity contribution in [3.8, 4) is 0 Å². The second-order valence-electron chi connectivity index (χ2n) is 3.71. The van der Waals surface area contributed by atoms with Crippen LogP contribution in [0.3, 0.4) is 0 Å². The van der Waals surface area contributed by atoms with Gasteiger partial charge in [-0.3, -0.25) is 0 Å². The summed E-state index contributed by atoms with van der Waals surface area (Å²) in [6.45, 7) is 3.83. The molecule has 0 aliphatic carbocycles. The third kappa shape index (κ3) is 2.53. The number of halogens is 1. The van der Waals surface area contributed by atoms with Crippen molar-refractivity contribution in [1.29, 1.82) is 0 Å². The summed E-state index contributed by atoms with van der Waals surface area (Å²) < 4.78 is 0. The smallest absolute Gasteiger partial charge is 0.0406 e. The van der Waals surface area contributed by atoms with E-state index in [0.717, 1.165) is 11.4 Å². The molecule has 0 radical (unpaired) electrons. The molecule has 2 aromatic rings. The third-order valence-corrected chi connectivity index (χ3v) is 2.83. The quantitative estimate of drug-likeness (QED) is 0.722. The van der Waals surface area contributed by atoms with Crippen molar-refractivity contribution in [2.75, 3.05) is 0 Å². The van der Waals surface area contributed by atoms with E-state index in [1.54, 1.807) is 0 Å². The molecule has 0 unspecified atom stereocenters. The summed E-state index contributed by atoms with van der Waals surface area (Å²) in [6, 6.07) is 16.3. The number of hydrogen-bond donors (Lipinski definition) is 0. The van der Waals surface area contributed by atoms with E-state index in [-0.39, 0.29) is 0 Å². The van der Waals surface area contributed by atoms with Gasteiger partial charge in [0, 0.05) is 5.02 Å².